The molecular weight excluding hydrogens is 208 g/mol. The maximum Gasteiger partial charge on any atom is 0.332 e. The Morgan fingerprint density at radius 3 is 2.38 bits per heavy atom. The molecular formula is C11H10N2O3. The molecule has 0 aliphatic rings. The van der Waals surface area contributed by atoms with Crippen LogP contribution in [-0.2, 0) is 0 Å². The smallest absolute Gasteiger partial charge is 0.332 e. The third-order valence-corrected chi connectivity index (χ3v) is 2.19. The lowest BCUT2D eigenvalue weighted by molar-refractivity contribution is 0.414. The molecule has 0 radical (unpaired) electrons. The van der Waals surface area contributed by atoms with Crippen LogP contribution in [0.15, 0.2) is 46.1 Å². The van der Waals surface area contributed by atoms with Gasteiger partial charge in [-0.25, -0.2) is 9.36 Å². The number of methoxy groups -OCH3 is 1. The van der Waals surface area contributed by atoms with Crippen LogP contribution < -0.4 is 16.0 Å². The lowest BCUT2D eigenvalue weighted by Gasteiger charge is -2.04. The Balaban J connectivity index is 2.59. The third-order valence-electron chi connectivity index (χ3n) is 2.19. The Morgan fingerprint density at radius 2 is 1.81 bits per heavy atom. The van der Waals surface area contributed by atoms with Gasteiger partial charge in [-0.1, -0.05) is 0 Å². The highest BCUT2D eigenvalue weighted by Crippen LogP contribution is 2.12. The number of hydrogen-bond acceptors (Lipinski definition) is 3. The molecule has 2 rings (SSSR count). The average Bonchev–Trinajstić information content (AvgIpc) is 2.30. The van der Waals surface area contributed by atoms with Crippen molar-refractivity contribution in [3.63, 3.8) is 0 Å². The zero-order valence-electron chi connectivity index (χ0n) is 8.64. The summed E-state index contributed by atoms with van der Waals surface area (Å²) in [6.45, 7) is 0. The highest BCUT2D eigenvalue weighted by molar-refractivity contribution is 5.37. The molecule has 82 valence electrons. The fourth-order valence-corrected chi connectivity index (χ4v) is 1.40. The predicted octanol–water partition coefficient (Wildman–Crippen LogP) is 0.534. The zero-order valence-corrected chi connectivity index (χ0v) is 8.64. The second-order valence-corrected chi connectivity index (χ2v) is 3.15. The number of rotatable bonds is 2. The normalized spacial score (nSPS) is 10.1. The molecule has 0 amide bonds. The number of aromatic amines is 1. The minimum Gasteiger partial charge on any atom is -0.497 e. The molecule has 2 aromatic rings. The zero-order chi connectivity index (χ0) is 11.5. The van der Waals surface area contributed by atoms with Gasteiger partial charge in [0.05, 0.1) is 12.8 Å². The summed E-state index contributed by atoms with van der Waals surface area (Å²) in [5.74, 6) is 0.671. The molecule has 0 atom stereocenters. The minimum absolute atomic E-state index is 0.367. The SMILES string of the molecule is COc1ccc(-n2c(=O)cc[nH]c2=O)cc1. The van der Waals surface area contributed by atoms with Crippen molar-refractivity contribution >= 4 is 0 Å². The van der Waals surface area contributed by atoms with Gasteiger partial charge in [-0.3, -0.25) is 4.79 Å². The molecule has 1 aromatic carbocycles. The molecule has 0 bridgehead atoms. The van der Waals surface area contributed by atoms with Crippen LogP contribution in [0, 0.1) is 0 Å². The number of nitrogens with one attached hydrogen (secondary N) is 1. The van der Waals surface area contributed by atoms with E-state index in [0.29, 0.717) is 11.4 Å². The van der Waals surface area contributed by atoms with Gasteiger partial charge in [0.1, 0.15) is 5.75 Å². The molecule has 0 aliphatic carbocycles. The summed E-state index contributed by atoms with van der Waals surface area (Å²) >= 11 is 0. The van der Waals surface area contributed by atoms with Gasteiger partial charge in [-0.05, 0) is 24.3 Å². The topological polar surface area (TPSA) is 64.1 Å². The maximum atomic E-state index is 11.5. The van der Waals surface area contributed by atoms with Crippen molar-refractivity contribution in [2.75, 3.05) is 7.11 Å². The van der Waals surface area contributed by atoms with Crippen LogP contribution in [0.25, 0.3) is 5.69 Å². The van der Waals surface area contributed by atoms with Crippen LogP contribution in [0.2, 0.25) is 0 Å². The second-order valence-electron chi connectivity index (χ2n) is 3.15. The van der Waals surface area contributed by atoms with Crippen molar-refractivity contribution in [3.8, 4) is 11.4 Å². The Morgan fingerprint density at radius 1 is 1.12 bits per heavy atom. The van der Waals surface area contributed by atoms with Gasteiger partial charge in [-0.2, -0.15) is 0 Å². The highest BCUT2D eigenvalue weighted by atomic mass is 16.5. The monoisotopic (exact) mass is 218 g/mol. The van der Waals surface area contributed by atoms with Crippen LogP contribution in [0.3, 0.4) is 0 Å². The predicted molar refractivity (Wildman–Crippen MR) is 59.2 cm³/mol. The van der Waals surface area contributed by atoms with E-state index in [1.807, 2.05) is 0 Å². The second kappa shape index (κ2) is 4.06. The number of H-pyrrole nitrogens is 1. The van der Waals surface area contributed by atoms with E-state index in [9.17, 15) is 9.59 Å². The number of hydrogen-bond donors (Lipinski definition) is 1. The summed E-state index contributed by atoms with van der Waals surface area (Å²) in [6, 6.07) is 7.97. The van der Waals surface area contributed by atoms with Crippen LogP contribution in [0.4, 0.5) is 0 Å². The van der Waals surface area contributed by atoms with E-state index >= 15 is 0 Å². The Hall–Kier alpha value is -2.30. The molecule has 0 spiro atoms. The standard InChI is InChI=1S/C11H10N2O3/c1-16-9-4-2-8(3-5-9)13-10(14)6-7-12-11(13)15/h2-7H,1H3,(H,12,15). The molecule has 1 heterocycles. The van der Waals surface area contributed by atoms with Crippen molar-refractivity contribution in [2.24, 2.45) is 0 Å². The van der Waals surface area contributed by atoms with Gasteiger partial charge in [-0.15, -0.1) is 0 Å². The van der Waals surface area contributed by atoms with E-state index in [4.69, 9.17) is 4.74 Å². The maximum absolute atomic E-state index is 11.5. The van der Waals surface area contributed by atoms with Gasteiger partial charge in [0.2, 0.25) is 0 Å². The first-order chi connectivity index (χ1) is 7.72. The first kappa shape index (κ1) is 10.2. The van der Waals surface area contributed by atoms with Crippen LogP contribution in [-0.4, -0.2) is 16.7 Å². The lowest BCUT2D eigenvalue weighted by atomic mass is 10.3. The molecule has 0 unspecified atom stereocenters. The van der Waals surface area contributed by atoms with E-state index < -0.39 is 5.69 Å². The van der Waals surface area contributed by atoms with E-state index in [-0.39, 0.29) is 5.56 Å². The van der Waals surface area contributed by atoms with Crippen molar-refractivity contribution in [3.05, 3.63) is 57.4 Å². The van der Waals surface area contributed by atoms with E-state index in [0.717, 1.165) is 4.57 Å². The number of benzene rings is 1. The molecule has 1 aromatic heterocycles. The first-order valence-electron chi connectivity index (χ1n) is 4.67. The van der Waals surface area contributed by atoms with Gasteiger partial charge < -0.3 is 9.72 Å². The average molecular weight is 218 g/mol. The Bertz CT molecular complexity index is 567. The summed E-state index contributed by atoms with van der Waals surface area (Å²) in [4.78, 5) is 25.4. The van der Waals surface area contributed by atoms with Gasteiger partial charge in [0.25, 0.3) is 5.56 Å². The van der Waals surface area contributed by atoms with Crippen molar-refractivity contribution in [1.82, 2.24) is 9.55 Å². The lowest BCUT2D eigenvalue weighted by Crippen LogP contribution is -2.32. The number of nitrogens with zero attached hydrogens (tertiary/aromatic N) is 1. The quantitative estimate of drug-likeness (QED) is 0.799. The summed E-state index contributed by atoms with van der Waals surface area (Å²) in [6.07, 6.45) is 1.32. The van der Waals surface area contributed by atoms with Crippen LogP contribution in [0.1, 0.15) is 0 Å². The van der Waals surface area contributed by atoms with Crippen molar-refractivity contribution in [2.45, 2.75) is 0 Å². The van der Waals surface area contributed by atoms with Crippen LogP contribution in [0.5, 0.6) is 5.75 Å². The molecule has 0 saturated heterocycles. The fourth-order valence-electron chi connectivity index (χ4n) is 1.40. The first-order valence-corrected chi connectivity index (χ1v) is 4.67. The fraction of sp³-hybridized carbons (Fsp3) is 0.0909. The summed E-state index contributed by atoms with van der Waals surface area (Å²) < 4.78 is 6.05. The summed E-state index contributed by atoms with van der Waals surface area (Å²) in [5, 5.41) is 0. The van der Waals surface area contributed by atoms with Gasteiger partial charge in [0, 0.05) is 12.3 Å². The van der Waals surface area contributed by atoms with E-state index in [1.165, 1.54) is 12.3 Å². The van der Waals surface area contributed by atoms with Crippen molar-refractivity contribution in [1.29, 1.82) is 0 Å². The minimum atomic E-state index is -0.460. The summed E-state index contributed by atoms with van der Waals surface area (Å²) in [5.41, 5.74) is -0.320. The molecule has 5 heteroatoms. The highest BCUT2D eigenvalue weighted by Gasteiger charge is 2.02. The molecule has 1 N–H and O–H groups in total. The van der Waals surface area contributed by atoms with E-state index in [2.05, 4.69) is 4.98 Å². The van der Waals surface area contributed by atoms with E-state index in [1.54, 1.807) is 31.4 Å². The molecule has 16 heavy (non-hydrogen) atoms. The van der Waals surface area contributed by atoms with Gasteiger partial charge >= 0.3 is 5.69 Å². The Labute approximate surface area is 90.9 Å². The molecule has 0 aliphatic heterocycles. The number of aromatic nitrogens is 2. The number of ether oxygens (including phenoxy) is 1. The van der Waals surface area contributed by atoms with Crippen LogP contribution >= 0.6 is 0 Å². The molecule has 5 nitrogen and oxygen atoms in total. The molecule has 0 saturated carbocycles. The van der Waals surface area contributed by atoms with Crippen molar-refractivity contribution < 1.29 is 4.74 Å². The molecule has 0 fully saturated rings. The largest absolute Gasteiger partial charge is 0.497 e. The van der Waals surface area contributed by atoms with Gasteiger partial charge in [0.15, 0.2) is 0 Å². The summed E-state index contributed by atoms with van der Waals surface area (Å²) in [7, 11) is 1.55. The Kier molecular flexibility index (Phi) is 2.59. The third kappa shape index (κ3) is 1.75.